The summed E-state index contributed by atoms with van der Waals surface area (Å²) in [6, 6.07) is 0. The van der Waals surface area contributed by atoms with Crippen LogP contribution in [0.4, 0.5) is 0 Å². The zero-order valence-corrected chi connectivity index (χ0v) is 8.32. The molecule has 0 aromatic rings. The van der Waals surface area contributed by atoms with Gasteiger partial charge < -0.3 is 5.73 Å². The highest BCUT2D eigenvalue weighted by atomic mass is 14.7. The Kier molecular flexibility index (Phi) is 5.57. The average molecular weight is 157 g/mol. The minimum Gasteiger partial charge on any atom is -0.325 e. The third-order valence-corrected chi connectivity index (χ3v) is 2.48. The lowest BCUT2D eigenvalue weighted by atomic mass is 9.87. The van der Waals surface area contributed by atoms with Gasteiger partial charge in [0.05, 0.1) is 0 Å². The first kappa shape index (κ1) is 11.0. The standard InChI is InChI=1S/C10H23N/c1-4-7-9-10(11,6-3)8-5-2/h4-9,11H2,1-3H3. The lowest BCUT2D eigenvalue weighted by Crippen LogP contribution is -2.38. The van der Waals surface area contributed by atoms with Crippen LogP contribution in [0.2, 0.25) is 0 Å². The zero-order chi connectivity index (χ0) is 8.74. The van der Waals surface area contributed by atoms with E-state index in [0.717, 1.165) is 6.42 Å². The maximum absolute atomic E-state index is 6.19. The van der Waals surface area contributed by atoms with Gasteiger partial charge in [0.2, 0.25) is 0 Å². The number of nitrogens with two attached hydrogens (primary N) is 1. The molecule has 0 aliphatic carbocycles. The van der Waals surface area contributed by atoms with E-state index >= 15 is 0 Å². The van der Waals surface area contributed by atoms with Crippen molar-refractivity contribution < 1.29 is 0 Å². The van der Waals surface area contributed by atoms with Gasteiger partial charge in [0.25, 0.3) is 0 Å². The predicted molar refractivity (Wildman–Crippen MR) is 51.6 cm³/mol. The van der Waals surface area contributed by atoms with E-state index in [4.69, 9.17) is 5.73 Å². The lowest BCUT2D eigenvalue weighted by Gasteiger charge is -2.27. The van der Waals surface area contributed by atoms with Crippen LogP contribution >= 0.6 is 0 Å². The topological polar surface area (TPSA) is 26.0 Å². The largest absolute Gasteiger partial charge is 0.325 e. The quantitative estimate of drug-likeness (QED) is 0.630. The molecule has 1 heteroatoms. The first-order chi connectivity index (χ1) is 5.18. The van der Waals surface area contributed by atoms with Gasteiger partial charge in [-0.05, 0) is 19.3 Å². The van der Waals surface area contributed by atoms with Crippen LogP contribution in [0, 0.1) is 0 Å². The molecule has 0 saturated carbocycles. The summed E-state index contributed by atoms with van der Waals surface area (Å²) in [6.07, 6.45) is 7.28. The second kappa shape index (κ2) is 5.59. The summed E-state index contributed by atoms with van der Waals surface area (Å²) in [4.78, 5) is 0. The van der Waals surface area contributed by atoms with Crippen molar-refractivity contribution in [2.75, 3.05) is 0 Å². The lowest BCUT2D eigenvalue weighted by molar-refractivity contribution is 0.339. The van der Waals surface area contributed by atoms with Crippen LogP contribution < -0.4 is 5.73 Å². The van der Waals surface area contributed by atoms with Crippen molar-refractivity contribution in [3.63, 3.8) is 0 Å². The van der Waals surface area contributed by atoms with Crippen molar-refractivity contribution in [2.45, 2.75) is 64.8 Å². The highest BCUT2D eigenvalue weighted by Gasteiger charge is 2.19. The first-order valence-electron chi connectivity index (χ1n) is 4.97. The average Bonchev–Trinajstić information content (AvgIpc) is 2.02. The zero-order valence-electron chi connectivity index (χ0n) is 8.32. The molecule has 0 aromatic carbocycles. The predicted octanol–water partition coefficient (Wildman–Crippen LogP) is 3.08. The summed E-state index contributed by atoms with van der Waals surface area (Å²) in [5.41, 5.74) is 6.34. The Morgan fingerprint density at radius 3 is 2.00 bits per heavy atom. The molecule has 1 atom stereocenters. The third kappa shape index (κ3) is 4.41. The molecule has 1 unspecified atom stereocenters. The molecule has 0 fully saturated rings. The van der Waals surface area contributed by atoms with Crippen LogP contribution in [0.1, 0.15) is 59.3 Å². The Balaban J connectivity index is 3.68. The summed E-state index contributed by atoms with van der Waals surface area (Å²) in [7, 11) is 0. The van der Waals surface area contributed by atoms with Crippen LogP contribution in [0.3, 0.4) is 0 Å². The molecule has 0 bridgehead atoms. The molecule has 11 heavy (non-hydrogen) atoms. The maximum Gasteiger partial charge on any atom is 0.0151 e. The summed E-state index contributed by atoms with van der Waals surface area (Å²) < 4.78 is 0. The Morgan fingerprint density at radius 1 is 1.00 bits per heavy atom. The highest BCUT2D eigenvalue weighted by molar-refractivity contribution is 4.81. The second-order valence-corrected chi connectivity index (χ2v) is 3.57. The Morgan fingerprint density at radius 2 is 1.64 bits per heavy atom. The summed E-state index contributed by atoms with van der Waals surface area (Å²) >= 11 is 0. The van der Waals surface area contributed by atoms with Gasteiger partial charge in [0.1, 0.15) is 0 Å². The molecule has 68 valence electrons. The smallest absolute Gasteiger partial charge is 0.0151 e. The number of rotatable bonds is 6. The molecule has 0 aromatic heterocycles. The monoisotopic (exact) mass is 157 g/mol. The highest BCUT2D eigenvalue weighted by Crippen LogP contribution is 2.20. The SMILES string of the molecule is CCCCC(N)(CC)CCC. The van der Waals surface area contributed by atoms with Gasteiger partial charge in [-0.2, -0.15) is 0 Å². The molecule has 0 aliphatic heterocycles. The molecular weight excluding hydrogens is 134 g/mol. The fourth-order valence-electron chi connectivity index (χ4n) is 1.51. The molecule has 0 rings (SSSR count). The van der Waals surface area contributed by atoms with Crippen LogP contribution in [0.15, 0.2) is 0 Å². The van der Waals surface area contributed by atoms with E-state index < -0.39 is 0 Å². The molecule has 0 aliphatic rings. The molecular formula is C10H23N. The minimum atomic E-state index is 0.144. The summed E-state index contributed by atoms with van der Waals surface area (Å²) in [6.45, 7) is 6.64. The molecule has 0 amide bonds. The van der Waals surface area contributed by atoms with Crippen molar-refractivity contribution in [1.82, 2.24) is 0 Å². The van der Waals surface area contributed by atoms with E-state index in [-0.39, 0.29) is 5.54 Å². The van der Waals surface area contributed by atoms with Gasteiger partial charge in [-0.15, -0.1) is 0 Å². The number of hydrogen-bond acceptors (Lipinski definition) is 1. The number of hydrogen-bond donors (Lipinski definition) is 1. The Labute approximate surface area is 71.4 Å². The number of unbranched alkanes of at least 4 members (excludes halogenated alkanes) is 1. The Hall–Kier alpha value is -0.0400. The second-order valence-electron chi connectivity index (χ2n) is 3.57. The van der Waals surface area contributed by atoms with Crippen LogP contribution in [0.25, 0.3) is 0 Å². The van der Waals surface area contributed by atoms with Gasteiger partial charge in [0.15, 0.2) is 0 Å². The molecule has 0 saturated heterocycles. The maximum atomic E-state index is 6.19. The minimum absolute atomic E-state index is 0.144. The normalized spacial score (nSPS) is 16.4. The molecule has 0 spiro atoms. The van der Waals surface area contributed by atoms with E-state index in [1.54, 1.807) is 0 Å². The van der Waals surface area contributed by atoms with E-state index in [1.165, 1.54) is 32.1 Å². The third-order valence-electron chi connectivity index (χ3n) is 2.48. The van der Waals surface area contributed by atoms with Crippen molar-refractivity contribution in [3.8, 4) is 0 Å². The van der Waals surface area contributed by atoms with E-state index in [2.05, 4.69) is 20.8 Å². The van der Waals surface area contributed by atoms with Crippen molar-refractivity contribution in [3.05, 3.63) is 0 Å². The van der Waals surface area contributed by atoms with Gasteiger partial charge >= 0.3 is 0 Å². The van der Waals surface area contributed by atoms with Crippen LogP contribution in [0.5, 0.6) is 0 Å². The van der Waals surface area contributed by atoms with E-state index in [1.807, 2.05) is 0 Å². The summed E-state index contributed by atoms with van der Waals surface area (Å²) in [5, 5.41) is 0. The molecule has 2 N–H and O–H groups in total. The fourth-order valence-corrected chi connectivity index (χ4v) is 1.51. The van der Waals surface area contributed by atoms with Gasteiger partial charge in [-0.1, -0.05) is 40.0 Å². The van der Waals surface area contributed by atoms with E-state index in [9.17, 15) is 0 Å². The van der Waals surface area contributed by atoms with Gasteiger partial charge in [0, 0.05) is 5.54 Å². The van der Waals surface area contributed by atoms with E-state index in [0.29, 0.717) is 0 Å². The fraction of sp³-hybridized carbons (Fsp3) is 1.00. The van der Waals surface area contributed by atoms with Crippen molar-refractivity contribution >= 4 is 0 Å². The molecule has 0 heterocycles. The molecule has 1 nitrogen and oxygen atoms in total. The van der Waals surface area contributed by atoms with Crippen molar-refractivity contribution in [1.29, 1.82) is 0 Å². The molecule has 0 radical (unpaired) electrons. The van der Waals surface area contributed by atoms with Gasteiger partial charge in [-0.3, -0.25) is 0 Å². The Bertz CT molecular complexity index is 90.9. The van der Waals surface area contributed by atoms with Crippen LogP contribution in [-0.2, 0) is 0 Å². The van der Waals surface area contributed by atoms with Gasteiger partial charge in [-0.25, -0.2) is 0 Å². The van der Waals surface area contributed by atoms with Crippen LogP contribution in [-0.4, -0.2) is 5.54 Å². The first-order valence-corrected chi connectivity index (χ1v) is 4.97. The van der Waals surface area contributed by atoms with Crippen molar-refractivity contribution in [2.24, 2.45) is 5.73 Å². The summed E-state index contributed by atoms with van der Waals surface area (Å²) in [5.74, 6) is 0.